The Bertz CT molecular complexity index is 289. The van der Waals surface area contributed by atoms with E-state index in [0.29, 0.717) is 0 Å². The number of cyclic esters (lactones) is 2. The van der Waals surface area contributed by atoms with E-state index in [2.05, 4.69) is 0 Å². The molecule has 0 unspecified atom stereocenters. The van der Waals surface area contributed by atoms with Gasteiger partial charge in [0, 0.05) is 12.2 Å². The molecule has 0 atom stereocenters. The fourth-order valence-corrected chi connectivity index (χ4v) is 1.09. The molecule has 0 aromatic carbocycles. The summed E-state index contributed by atoms with van der Waals surface area (Å²) in [5, 5.41) is 0. The molecule has 0 amide bonds. The van der Waals surface area contributed by atoms with Crippen molar-refractivity contribution in [1.29, 1.82) is 0 Å². The summed E-state index contributed by atoms with van der Waals surface area (Å²) in [5.74, 6) is -0.868. The van der Waals surface area contributed by atoms with Crippen molar-refractivity contribution < 1.29 is 28.5 Å². The number of carbonyl (C=O) groups excluding carboxylic acids is 2. The maximum atomic E-state index is 11.1. The molecule has 0 bridgehead atoms. The third-order valence-corrected chi connectivity index (χ3v) is 1.88. The highest BCUT2D eigenvalue weighted by molar-refractivity contribution is 5.82. The van der Waals surface area contributed by atoms with Gasteiger partial charge in [0.2, 0.25) is 0 Å². The molecule has 0 radical (unpaired) electrons. The zero-order chi connectivity index (χ0) is 13.1. The summed E-state index contributed by atoms with van der Waals surface area (Å²) < 4.78 is 19.9. The Kier molecular flexibility index (Phi) is 7.50. The number of ether oxygens (including phenoxy) is 4. The molecule has 1 aliphatic heterocycles. The Morgan fingerprint density at radius 3 is 1.61 bits per heavy atom. The highest BCUT2D eigenvalue weighted by atomic mass is 16.6. The van der Waals surface area contributed by atoms with Crippen LogP contribution in [0.4, 0.5) is 0 Å². The maximum Gasteiger partial charge on any atom is 0.330 e. The monoisotopic (exact) mass is 256 g/mol. The van der Waals surface area contributed by atoms with Crippen molar-refractivity contribution in [3.05, 3.63) is 24.3 Å². The second-order valence-electron chi connectivity index (χ2n) is 3.29. The molecule has 6 heteroatoms. The van der Waals surface area contributed by atoms with Crippen molar-refractivity contribution in [3.63, 3.8) is 0 Å². The summed E-state index contributed by atoms with van der Waals surface area (Å²) in [6, 6.07) is 0. The number of hydrogen-bond acceptors (Lipinski definition) is 6. The van der Waals surface area contributed by atoms with E-state index in [1.165, 1.54) is 24.3 Å². The minimum atomic E-state index is -0.434. The largest absolute Gasteiger partial charge is 0.460 e. The van der Waals surface area contributed by atoms with Crippen molar-refractivity contribution in [2.75, 3.05) is 39.6 Å². The van der Waals surface area contributed by atoms with Gasteiger partial charge in [-0.05, 0) is 0 Å². The molecule has 0 aromatic rings. The number of hydrogen-bond donors (Lipinski definition) is 0. The predicted octanol–water partition coefficient (Wildman–Crippen LogP) is 0.232. The fraction of sp³-hybridized carbons (Fsp3) is 0.500. The summed E-state index contributed by atoms with van der Waals surface area (Å²) in [6.07, 6.45) is 5.66. The first-order chi connectivity index (χ1) is 8.79. The van der Waals surface area contributed by atoms with Gasteiger partial charge in [-0.3, -0.25) is 0 Å². The minimum Gasteiger partial charge on any atom is -0.460 e. The van der Waals surface area contributed by atoms with Crippen LogP contribution in [0, 0.1) is 0 Å². The SMILES string of the molecule is O=C1/C=C/COCCOC(=O)/C=C/COCCO1. The van der Waals surface area contributed by atoms with Gasteiger partial charge >= 0.3 is 11.9 Å². The molecule has 18 heavy (non-hydrogen) atoms. The Balaban J connectivity index is 2.35. The molecule has 100 valence electrons. The van der Waals surface area contributed by atoms with Gasteiger partial charge in [-0.15, -0.1) is 0 Å². The van der Waals surface area contributed by atoms with Crippen molar-refractivity contribution in [1.82, 2.24) is 0 Å². The van der Waals surface area contributed by atoms with E-state index in [1.54, 1.807) is 0 Å². The number of rotatable bonds is 0. The van der Waals surface area contributed by atoms with Gasteiger partial charge in [0.1, 0.15) is 13.2 Å². The van der Waals surface area contributed by atoms with E-state index >= 15 is 0 Å². The highest BCUT2D eigenvalue weighted by Crippen LogP contribution is 1.89. The molecule has 1 heterocycles. The molecule has 0 saturated carbocycles. The molecule has 0 spiro atoms. The van der Waals surface area contributed by atoms with E-state index in [4.69, 9.17) is 18.9 Å². The lowest BCUT2D eigenvalue weighted by Gasteiger charge is -2.04. The van der Waals surface area contributed by atoms with E-state index in [1.807, 2.05) is 0 Å². The topological polar surface area (TPSA) is 71.1 Å². The molecule has 0 aliphatic carbocycles. The van der Waals surface area contributed by atoms with Crippen LogP contribution in [0.15, 0.2) is 24.3 Å². The zero-order valence-electron chi connectivity index (χ0n) is 10.0. The standard InChI is InChI=1S/C12H16O6/c13-11-3-1-5-15-7-9-18-12(14)4-2-6-16-8-10-17-11/h1-4H,5-10H2/b3-1+,4-2+. The Morgan fingerprint density at radius 2 is 1.17 bits per heavy atom. The van der Waals surface area contributed by atoms with Crippen molar-refractivity contribution >= 4 is 11.9 Å². The molecule has 1 aliphatic rings. The van der Waals surface area contributed by atoms with Gasteiger partial charge in [0.25, 0.3) is 0 Å². The predicted molar refractivity (Wildman–Crippen MR) is 61.8 cm³/mol. The van der Waals surface area contributed by atoms with E-state index in [9.17, 15) is 9.59 Å². The fourth-order valence-electron chi connectivity index (χ4n) is 1.09. The summed E-state index contributed by atoms with van der Waals surface area (Å²) in [5.41, 5.74) is 0. The summed E-state index contributed by atoms with van der Waals surface area (Å²) in [7, 11) is 0. The lowest BCUT2D eigenvalue weighted by molar-refractivity contribution is -0.139. The van der Waals surface area contributed by atoms with E-state index in [0.717, 1.165) is 0 Å². The van der Waals surface area contributed by atoms with Crippen LogP contribution < -0.4 is 0 Å². The molecule has 1 rings (SSSR count). The van der Waals surface area contributed by atoms with Crippen LogP contribution in [0.3, 0.4) is 0 Å². The van der Waals surface area contributed by atoms with Crippen LogP contribution >= 0.6 is 0 Å². The quantitative estimate of drug-likeness (QED) is 0.578. The third-order valence-electron chi connectivity index (χ3n) is 1.88. The zero-order valence-corrected chi connectivity index (χ0v) is 10.0. The first-order valence-electron chi connectivity index (χ1n) is 5.61. The Hall–Kier alpha value is -1.66. The van der Waals surface area contributed by atoms with Gasteiger partial charge in [0.05, 0.1) is 26.4 Å². The van der Waals surface area contributed by atoms with Crippen LogP contribution in [0.5, 0.6) is 0 Å². The molecule has 6 nitrogen and oxygen atoms in total. The maximum absolute atomic E-state index is 11.1. The van der Waals surface area contributed by atoms with Crippen molar-refractivity contribution in [2.45, 2.75) is 0 Å². The first kappa shape index (κ1) is 14.4. The van der Waals surface area contributed by atoms with Crippen LogP contribution in [-0.4, -0.2) is 51.6 Å². The van der Waals surface area contributed by atoms with Gasteiger partial charge in [-0.1, -0.05) is 12.2 Å². The van der Waals surface area contributed by atoms with Crippen molar-refractivity contribution in [2.24, 2.45) is 0 Å². The second-order valence-corrected chi connectivity index (χ2v) is 3.29. The van der Waals surface area contributed by atoms with E-state index < -0.39 is 11.9 Å². The molecule has 0 saturated heterocycles. The molecular weight excluding hydrogens is 240 g/mol. The summed E-state index contributed by atoms with van der Waals surface area (Å²) in [4.78, 5) is 22.2. The third kappa shape index (κ3) is 7.59. The van der Waals surface area contributed by atoms with Crippen LogP contribution in [0.25, 0.3) is 0 Å². The lowest BCUT2D eigenvalue weighted by atomic mass is 10.5. The summed E-state index contributed by atoms with van der Waals surface area (Å²) in [6.45, 7) is 1.41. The summed E-state index contributed by atoms with van der Waals surface area (Å²) >= 11 is 0. The molecule has 0 N–H and O–H groups in total. The Labute approximate surface area is 105 Å². The number of carbonyl (C=O) groups is 2. The van der Waals surface area contributed by atoms with E-state index in [-0.39, 0.29) is 39.6 Å². The van der Waals surface area contributed by atoms with Crippen LogP contribution in [-0.2, 0) is 28.5 Å². The minimum absolute atomic E-state index is 0.169. The first-order valence-corrected chi connectivity index (χ1v) is 5.61. The number of esters is 2. The molecule has 0 fully saturated rings. The lowest BCUT2D eigenvalue weighted by Crippen LogP contribution is -2.11. The second kappa shape index (κ2) is 9.38. The highest BCUT2D eigenvalue weighted by Gasteiger charge is 1.98. The van der Waals surface area contributed by atoms with Gasteiger partial charge in [-0.25, -0.2) is 9.59 Å². The molecular formula is C12H16O6. The van der Waals surface area contributed by atoms with Crippen molar-refractivity contribution in [3.8, 4) is 0 Å². The average Bonchev–Trinajstić information content (AvgIpc) is 2.35. The van der Waals surface area contributed by atoms with Crippen LogP contribution in [0.2, 0.25) is 0 Å². The Morgan fingerprint density at radius 1 is 0.722 bits per heavy atom. The normalized spacial score (nSPS) is 23.8. The van der Waals surface area contributed by atoms with Crippen LogP contribution in [0.1, 0.15) is 0 Å². The average molecular weight is 256 g/mol. The smallest absolute Gasteiger partial charge is 0.330 e. The molecule has 0 aromatic heterocycles. The van der Waals surface area contributed by atoms with Gasteiger partial charge in [0.15, 0.2) is 0 Å². The van der Waals surface area contributed by atoms with Gasteiger partial charge in [-0.2, -0.15) is 0 Å². The van der Waals surface area contributed by atoms with Gasteiger partial charge < -0.3 is 18.9 Å².